The van der Waals surface area contributed by atoms with Crippen molar-refractivity contribution in [2.75, 3.05) is 5.73 Å². The molecule has 4 rings (SSSR count). The summed E-state index contributed by atoms with van der Waals surface area (Å²) in [4.78, 5) is 8.57. The maximum absolute atomic E-state index is 6.15. The van der Waals surface area contributed by atoms with Crippen LogP contribution in [0.4, 0.5) is 5.82 Å². The van der Waals surface area contributed by atoms with Crippen LogP contribution in [0.15, 0.2) is 30.7 Å². The summed E-state index contributed by atoms with van der Waals surface area (Å²) in [6.07, 6.45) is 3.33. The molecule has 0 spiro atoms. The van der Waals surface area contributed by atoms with Crippen molar-refractivity contribution in [3.8, 4) is 11.3 Å². The molecule has 0 fully saturated rings. The van der Waals surface area contributed by atoms with Crippen LogP contribution in [-0.4, -0.2) is 29.5 Å². The Hall–Kier alpha value is -2.67. The van der Waals surface area contributed by atoms with Crippen LogP contribution in [0.2, 0.25) is 0 Å². The molecule has 4 aromatic rings. The van der Waals surface area contributed by atoms with E-state index >= 15 is 0 Å². The van der Waals surface area contributed by atoms with Crippen LogP contribution in [0, 0.1) is 0 Å². The average Bonchev–Trinajstić information content (AvgIpc) is 3.09. The average molecular weight is 358 g/mol. The molecular formula is C17H20ClN7. The lowest BCUT2D eigenvalue weighted by Crippen LogP contribution is -2.23. The predicted molar refractivity (Wildman–Crippen MR) is 102 cm³/mol. The number of halogens is 1. The second kappa shape index (κ2) is 5.70. The molecule has 0 saturated carbocycles. The molecule has 130 valence electrons. The Kier molecular flexibility index (Phi) is 3.91. The van der Waals surface area contributed by atoms with Gasteiger partial charge < -0.3 is 5.73 Å². The maximum atomic E-state index is 6.15. The molecule has 0 aliphatic rings. The van der Waals surface area contributed by atoms with Crippen LogP contribution < -0.4 is 5.73 Å². The van der Waals surface area contributed by atoms with E-state index in [4.69, 9.17) is 10.8 Å². The first kappa shape index (κ1) is 17.2. The van der Waals surface area contributed by atoms with Gasteiger partial charge in [0.1, 0.15) is 17.8 Å². The van der Waals surface area contributed by atoms with Gasteiger partial charge in [0, 0.05) is 18.0 Å². The maximum Gasteiger partial charge on any atom is 0.164 e. The first-order chi connectivity index (χ1) is 11.4. The molecule has 0 aliphatic carbocycles. The van der Waals surface area contributed by atoms with E-state index in [1.165, 1.54) is 6.33 Å². The lowest BCUT2D eigenvalue weighted by atomic mass is 10.1. The molecule has 0 unspecified atom stereocenters. The molecule has 3 aromatic heterocycles. The van der Waals surface area contributed by atoms with Crippen molar-refractivity contribution in [2.45, 2.75) is 26.3 Å². The zero-order chi connectivity index (χ0) is 17.1. The van der Waals surface area contributed by atoms with Crippen LogP contribution in [0.25, 0.3) is 33.2 Å². The van der Waals surface area contributed by atoms with E-state index in [0.29, 0.717) is 5.82 Å². The van der Waals surface area contributed by atoms with Gasteiger partial charge in [-0.25, -0.2) is 14.6 Å². The van der Waals surface area contributed by atoms with Crippen molar-refractivity contribution in [2.24, 2.45) is 7.05 Å². The third kappa shape index (κ3) is 2.60. The standard InChI is InChI=1S/C17H19N7.ClH/c1-17(2,3)24-16-13(15(18)19-9-20-16)14(22-24)10-5-6-12-11(7-10)8-21-23(12)4;/h5-9H,1-4H3,(H2,18,19,20);1H. The van der Waals surface area contributed by atoms with Gasteiger partial charge in [-0.15, -0.1) is 12.4 Å². The second-order valence-corrected chi connectivity index (χ2v) is 6.93. The van der Waals surface area contributed by atoms with Gasteiger partial charge in [-0.3, -0.25) is 4.68 Å². The molecule has 0 amide bonds. The molecule has 25 heavy (non-hydrogen) atoms. The summed E-state index contributed by atoms with van der Waals surface area (Å²) in [5.74, 6) is 0.441. The Morgan fingerprint density at radius 1 is 1.12 bits per heavy atom. The molecule has 2 N–H and O–H groups in total. The summed E-state index contributed by atoms with van der Waals surface area (Å²) in [5, 5.41) is 11.0. The van der Waals surface area contributed by atoms with Crippen molar-refractivity contribution in [3.05, 3.63) is 30.7 Å². The smallest absolute Gasteiger partial charge is 0.164 e. The summed E-state index contributed by atoms with van der Waals surface area (Å²) in [6, 6.07) is 6.15. The first-order valence-electron chi connectivity index (χ1n) is 7.78. The molecule has 0 bridgehead atoms. The molecule has 0 radical (unpaired) electrons. The van der Waals surface area contributed by atoms with Crippen molar-refractivity contribution < 1.29 is 0 Å². The molecule has 1 aromatic carbocycles. The fourth-order valence-electron chi connectivity index (χ4n) is 2.96. The largest absolute Gasteiger partial charge is 0.383 e. The highest BCUT2D eigenvalue weighted by Crippen LogP contribution is 2.33. The zero-order valence-corrected chi connectivity index (χ0v) is 15.4. The fourth-order valence-corrected chi connectivity index (χ4v) is 2.96. The lowest BCUT2D eigenvalue weighted by Gasteiger charge is -2.19. The van der Waals surface area contributed by atoms with Crippen LogP contribution >= 0.6 is 12.4 Å². The van der Waals surface area contributed by atoms with E-state index in [2.05, 4.69) is 41.9 Å². The van der Waals surface area contributed by atoms with E-state index in [0.717, 1.165) is 33.2 Å². The van der Waals surface area contributed by atoms with Crippen LogP contribution in [0.3, 0.4) is 0 Å². The molecule has 3 heterocycles. The molecular weight excluding hydrogens is 338 g/mol. The number of nitrogens with two attached hydrogens (primary N) is 1. The van der Waals surface area contributed by atoms with E-state index in [1.54, 1.807) is 0 Å². The topological polar surface area (TPSA) is 87.4 Å². The van der Waals surface area contributed by atoms with Crippen molar-refractivity contribution >= 4 is 40.2 Å². The number of fused-ring (bicyclic) bond motifs is 2. The number of rotatable bonds is 1. The van der Waals surface area contributed by atoms with E-state index in [-0.39, 0.29) is 17.9 Å². The Morgan fingerprint density at radius 2 is 1.88 bits per heavy atom. The number of benzene rings is 1. The number of nitrogens with zero attached hydrogens (tertiary/aromatic N) is 6. The Morgan fingerprint density at radius 3 is 2.60 bits per heavy atom. The van der Waals surface area contributed by atoms with Crippen molar-refractivity contribution in [1.29, 1.82) is 0 Å². The summed E-state index contributed by atoms with van der Waals surface area (Å²) < 4.78 is 3.76. The van der Waals surface area contributed by atoms with Gasteiger partial charge in [-0.1, -0.05) is 6.07 Å². The van der Waals surface area contributed by atoms with Crippen molar-refractivity contribution in [3.63, 3.8) is 0 Å². The third-order valence-corrected chi connectivity index (χ3v) is 4.15. The third-order valence-electron chi connectivity index (χ3n) is 4.15. The van der Waals surface area contributed by atoms with Crippen molar-refractivity contribution in [1.82, 2.24) is 29.5 Å². The summed E-state index contributed by atoms with van der Waals surface area (Å²) in [6.45, 7) is 6.27. The number of aromatic nitrogens is 6. The molecule has 0 atom stereocenters. The number of aryl methyl sites for hydroxylation is 1. The van der Waals surface area contributed by atoms with Gasteiger partial charge in [0.2, 0.25) is 0 Å². The lowest BCUT2D eigenvalue weighted by molar-refractivity contribution is 0.367. The number of hydrogen-bond acceptors (Lipinski definition) is 5. The van der Waals surface area contributed by atoms with Gasteiger partial charge in [0.05, 0.1) is 22.6 Å². The second-order valence-electron chi connectivity index (χ2n) is 6.93. The molecule has 7 nitrogen and oxygen atoms in total. The van der Waals surface area contributed by atoms with E-state index in [9.17, 15) is 0 Å². The molecule has 8 heteroatoms. The van der Waals surface area contributed by atoms with Crippen LogP contribution in [0.5, 0.6) is 0 Å². The Bertz CT molecular complexity index is 1070. The van der Waals surface area contributed by atoms with Gasteiger partial charge in [-0.2, -0.15) is 10.2 Å². The highest BCUT2D eigenvalue weighted by atomic mass is 35.5. The SMILES string of the molecule is Cl.Cn1ncc2cc(-c3nn(C(C)(C)C)c4ncnc(N)c34)ccc21. The first-order valence-corrected chi connectivity index (χ1v) is 7.78. The minimum atomic E-state index is -0.213. The molecule has 0 saturated heterocycles. The summed E-state index contributed by atoms with van der Waals surface area (Å²) >= 11 is 0. The molecule has 0 aliphatic heterocycles. The van der Waals surface area contributed by atoms with Crippen LogP contribution in [0.1, 0.15) is 20.8 Å². The highest BCUT2D eigenvalue weighted by molar-refractivity contribution is 5.99. The van der Waals surface area contributed by atoms with E-state index in [1.807, 2.05) is 34.7 Å². The number of anilines is 1. The fraction of sp³-hybridized carbons (Fsp3) is 0.294. The van der Waals surface area contributed by atoms with Crippen LogP contribution in [-0.2, 0) is 12.6 Å². The minimum absolute atomic E-state index is 0. The normalized spacial score (nSPS) is 11.8. The summed E-state index contributed by atoms with van der Waals surface area (Å²) in [7, 11) is 1.93. The van der Waals surface area contributed by atoms with Gasteiger partial charge in [-0.05, 0) is 32.9 Å². The van der Waals surface area contributed by atoms with Gasteiger partial charge >= 0.3 is 0 Å². The Labute approximate surface area is 151 Å². The van der Waals surface area contributed by atoms with Gasteiger partial charge in [0.25, 0.3) is 0 Å². The quantitative estimate of drug-likeness (QED) is 0.565. The minimum Gasteiger partial charge on any atom is -0.383 e. The highest BCUT2D eigenvalue weighted by Gasteiger charge is 2.24. The number of hydrogen-bond donors (Lipinski definition) is 1. The van der Waals surface area contributed by atoms with E-state index < -0.39 is 0 Å². The predicted octanol–water partition coefficient (Wildman–Crippen LogP) is 3.14. The van der Waals surface area contributed by atoms with Gasteiger partial charge in [0.15, 0.2) is 5.65 Å². The Balaban J connectivity index is 0.00000182. The summed E-state index contributed by atoms with van der Waals surface area (Å²) in [5.41, 5.74) is 9.52. The monoisotopic (exact) mass is 357 g/mol. The zero-order valence-electron chi connectivity index (χ0n) is 14.6. The number of nitrogen functional groups attached to an aromatic ring is 1.